The summed E-state index contributed by atoms with van der Waals surface area (Å²) < 4.78 is 4.79. The number of nitrogens with two attached hydrogens (primary N) is 1. The van der Waals surface area contributed by atoms with E-state index in [1.165, 1.54) is 0 Å². The second kappa shape index (κ2) is 3.25. The Bertz CT molecular complexity index is 158. The van der Waals surface area contributed by atoms with Gasteiger partial charge in [-0.2, -0.15) is 0 Å². The van der Waals surface area contributed by atoms with Crippen LogP contribution in [0.4, 0.5) is 0 Å². The van der Waals surface area contributed by atoms with Crippen molar-refractivity contribution in [3.05, 3.63) is 0 Å². The van der Waals surface area contributed by atoms with E-state index in [1.54, 1.807) is 0 Å². The highest BCUT2D eigenvalue weighted by Gasteiger charge is 2.47. The van der Waals surface area contributed by atoms with Gasteiger partial charge in [-0.05, 0) is 0 Å². The first-order valence-electron chi connectivity index (χ1n) is 3.60. The molecule has 0 aromatic heterocycles. The van der Waals surface area contributed by atoms with Crippen LogP contribution >= 0.6 is 0 Å². The SMILES string of the molecule is N[C@@]1(O)[C@H](O)[C@@H](O)CO[C@@H]1CO. The van der Waals surface area contributed by atoms with Crippen LogP contribution < -0.4 is 5.73 Å². The molecule has 1 fully saturated rings. The molecule has 0 spiro atoms. The predicted molar refractivity (Wildman–Crippen MR) is 38.0 cm³/mol. The van der Waals surface area contributed by atoms with Crippen LogP contribution in [0.2, 0.25) is 0 Å². The fraction of sp³-hybridized carbons (Fsp3) is 1.00. The lowest BCUT2D eigenvalue weighted by molar-refractivity contribution is -0.246. The van der Waals surface area contributed by atoms with Crippen molar-refractivity contribution in [2.24, 2.45) is 5.73 Å². The highest BCUT2D eigenvalue weighted by atomic mass is 16.5. The topological polar surface area (TPSA) is 116 Å². The van der Waals surface area contributed by atoms with E-state index in [2.05, 4.69) is 0 Å². The molecular weight excluding hydrogens is 166 g/mol. The first kappa shape index (κ1) is 9.85. The molecule has 0 aromatic carbocycles. The Morgan fingerprint density at radius 2 is 2.08 bits per heavy atom. The molecule has 0 aliphatic carbocycles. The molecular formula is C6H13NO5. The fourth-order valence-corrected chi connectivity index (χ4v) is 1.14. The quantitative estimate of drug-likeness (QED) is 0.270. The maximum absolute atomic E-state index is 9.36. The van der Waals surface area contributed by atoms with E-state index in [0.29, 0.717) is 0 Å². The minimum Gasteiger partial charge on any atom is -0.393 e. The standard InChI is InChI=1S/C6H13NO5/c7-6(11)4(1-8)12-2-3(9)5(6)10/h3-5,8-11H,1-2,7H2/t3-,4+,5+,6-/m0/s1. The van der Waals surface area contributed by atoms with Gasteiger partial charge in [-0.3, -0.25) is 5.73 Å². The minimum atomic E-state index is -2.09. The molecule has 12 heavy (non-hydrogen) atoms. The molecule has 0 amide bonds. The lowest BCUT2D eigenvalue weighted by Gasteiger charge is -2.41. The van der Waals surface area contributed by atoms with E-state index in [9.17, 15) is 10.2 Å². The Balaban J connectivity index is 2.73. The predicted octanol–water partition coefficient (Wildman–Crippen LogP) is -3.25. The van der Waals surface area contributed by atoms with Crippen LogP contribution in [-0.2, 0) is 4.74 Å². The van der Waals surface area contributed by atoms with Crippen LogP contribution in [-0.4, -0.2) is 57.7 Å². The average molecular weight is 179 g/mol. The van der Waals surface area contributed by atoms with Crippen molar-refractivity contribution in [3.63, 3.8) is 0 Å². The van der Waals surface area contributed by atoms with E-state index < -0.39 is 30.6 Å². The van der Waals surface area contributed by atoms with Crippen molar-refractivity contribution >= 4 is 0 Å². The van der Waals surface area contributed by atoms with Crippen LogP contribution in [0.25, 0.3) is 0 Å². The third-order valence-electron chi connectivity index (χ3n) is 1.99. The van der Waals surface area contributed by atoms with Crippen LogP contribution in [0, 0.1) is 0 Å². The number of hydrogen-bond acceptors (Lipinski definition) is 6. The summed E-state index contributed by atoms with van der Waals surface area (Å²) >= 11 is 0. The third kappa shape index (κ3) is 1.45. The number of hydrogen-bond donors (Lipinski definition) is 5. The third-order valence-corrected chi connectivity index (χ3v) is 1.99. The number of aliphatic hydroxyl groups excluding tert-OH is 3. The molecule has 6 N–H and O–H groups in total. The molecule has 1 heterocycles. The second-order valence-corrected chi connectivity index (χ2v) is 2.90. The fourth-order valence-electron chi connectivity index (χ4n) is 1.14. The number of rotatable bonds is 1. The molecule has 0 unspecified atom stereocenters. The Kier molecular flexibility index (Phi) is 2.67. The van der Waals surface area contributed by atoms with Crippen LogP contribution in [0.5, 0.6) is 0 Å². The summed E-state index contributed by atoms with van der Waals surface area (Å²) in [6, 6.07) is 0. The summed E-state index contributed by atoms with van der Waals surface area (Å²) in [4.78, 5) is 0. The van der Waals surface area contributed by atoms with Crippen molar-refractivity contribution in [3.8, 4) is 0 Å². The molecule has 0 radical (unpaired) electrons. The zero-order valence-electron chi connectivity index (χ0n) is 6.42. The van der Waals surface area contributed by atoms with E-state index >= 15 is 0 Å². The maximum atomic E-state index is 9.36. The van der Waals surface area contributed by atoms with Crippen molar-refractivity contribution in [1.82, 2.24) is 0 Å². The normalized spacial score (nSPS) is 49.2. The molecule has 4 atom stereocenters. The van der Waals surface area contributed by atoms with E-state index in [4.69, 9.17) is 20.7 Å². The summed E-state index contributed by atoms with van der Waals surface area (Å²) in [5.41, 5.74) is 3.14. The second-order valence-electron chi connectivity index (χ2n) is 2.90. The van der Waals surface area contributed by atoms with Crippen molar-refractivity contribution in [1.29, 1.82) is 0 Å². The van der Waals surface area contributed by atoms with Gasteiger partial charge < -0.3 is 25.2 Å². The Morgan fingerprint density at radius 1 is 1.50 bits per heavy atom. The van der Waals surface area contributed by atoms with Gasteiger partial charge in [0.05, 0.1) is 13.2 Å². The molecule has 0 saturated carbocycles. The molecule has 1 saturated heterocycles. The van der Waals surface area contributed by atoms with Crippen LogP contribution in [0.15, 0.2) is 0 Å². The van der Waals surface area contributed by atoms with Crippen LogP contribution in [0.1, 0.15) is 0 Å². The summed E-state index contributed by atoms with van der Waals surface area (Å²) in [6.45, 7) is -0.650. The van der Waals surface area contributed by atoms with Gasteiger partial charge in [-0.15, -0.1) is 0 Å². The average Bonchev–Trinajstić information content (AvgIpc) is 2.01. The number of aliphatic hydroxyl groups is 4. The van der Waals surface area contributed by atoms with E-state index in [-0.39, 0.29) is 6.61 Å². The Hall–Kier alpha value is -0.240. The van der Waals surface area contributed by atoms with E-state index in [1.807, 2.05) is 0 Å². The molecule has 72 valence electrons. The van der Waals surface area contributed by atoms with Gasteiger partial charge in [0.2, 0.25) is 0 Å². The van der Waals surface area contributed by atoms with Gasteiger partial charge in [0, 0.05) is 0 Å². The highest BCUT2D eigenvalue weighted by Crippen LogP contribution is 2.21. The van der Waals surface area contributed by atoms with Crippen molar-refractivity contribution in [2.75, 3.05) is 13.2 Å². The Labute approximate surface area is 69.2 Å². The first-order chi connectivity index (χ1) is 5.50. The first-order valence-corrected chi connectivity index (χ1v) is 3.60. The molecule has 1 aliphatic heterocycles. The molecule has 0 bridgehead atoms. The van der Waals surface area contributed by atoms with Crippen molar-refractivity contribution < 1.29 is 25.2 Å². The summed E-state index contributed by atoms with van der Waals surface area (Å²) in [5, 5.41) is 36.2. The van der Waals surface area contributed by atoms with Gasteiger partial charge in [-0.1, -0.05) is 0 Å². The lowest BCUT2D eigenvalue weighted by atomic mass is 9.94. The molecule has 1 aliphatic rings. The highest BCUT2D eigenvalue weighted by molar-refractivity contribution is 4.95. The molecule has 0 aromatic rings. The lowest BCUT2D eigenvalue weighted by Crippen LogP contribution is -2.69. The zero-order valence-corrected chi connectivity index (χ0v) is 6.42. The summed E-state index contributed by atoms with van der Waals surface area (Å²) in [5.74, 6) is 0. The molecule has 6 heteroatoms. The molecule has 6 nitrogen and oxygen atoms in total. The summed E-state index contributed by atoms with van der Waals surface area (Å²) in [6.07, 6.45) is -3.78. The summed E-state index contributed by atoms with van der Waals surface area (Å²) in [7, 11) is 0. The minimum absolute atomic E-state index is 0.147. The van der Waals surface area contributed by atoms with E-state index in [0.717, 1.165) is 0 Å². The van der Waals surface area contributed by atoms with Gasteiger partial charge >= 0.3 is 0 Å². The monoisotopic (exact) mass is 179 g/mol. The van der Waals surface area contributed by atoms with Gasteiger partial charge in [-0.25, -0.2) is 0 Å². The largest absolute Gasteiger partial charge is 0.393 e. The number of ether oxygens (including phenoxy) is 1. The van der Waals surface area contributed by atoms with Crippen molar-refractivity contribution in [2.45, 2.75) is 24.0 Å². The van der Waals surface area contributed by atoms with Gasteiger partial charge in [0.25, 0.3) is 0 Å². The maximum Gasteiger partial charge on any atom is 0.171 e. The smallest absolute Gasteiger partial charge is 0.171 e. The molecule has 1 rings (SSSR count). The van der Waals surface area contributed by atoms with Gasteiger partial charge in [0.15, 0.2) is 5.72 Å². The zero-order chi connectivity index (χ0) is 9.35. The van der Waals surface area contributed by atoms with Gasteiger partial charge in [0.1, 0.15) is 18.3 Å². The van der Waals surface area contributed by atoms with Crippen LogP contribution in [0.3, 0.4) is 0 Å². The Morgan fingerprint density at radius 3 is 2.58 bits per heavy atom.